The van der Waals surface area contributed by atoms with Gasteiger partial charge in [0.05, 0.1) is 34.5 Å². The average molecular weight is 473 g/mol. The molecule has 2 saturated heterocycles. The molecule has 0 radical (unpaired) electrons. The average Bonchev–Trinajstić information content (AvgIpc) is 3.29. The molecule has 4 aromatic heterocycles. The number of hydrogen-bond acceptors (Lipinski definition) is 7. The van der Waals surface area contributed by atoms with Crippen LogP contribution in [0.4, 0.5) is 5.69 Å². The zero-order valence-electron chi connectivity index (χ0n) is 20.7. The molecule has 0 saturated carbocycles. The predicted octanol–water partition coefficient (Wildman–Crippen LogP) is 2.24. The molecule has 6 rings (SSSR count). The SMILES string of the molecule is Cc1cn2nc(-c3cc(=O)n4cc(N5CCC(N6CCN(C)CC6)CC5)ccc4n3)cc2c(C)n1. The molecule has 0 bridgehead atoms. The van der Waals surface area contributed by atoms with Crippen LogP contribution in [-0.4, -0.2) is 86.1 Å². The van der Waals surface area contributed by atoms with E-state index in [1.54, 1.807) is 10.5 Å². The molecule has 0 aromatic carbocycles. The van der Waals surface area contributed by atoms with Crippen LogP contribution in [0.3, 0.4) is 0 Å². The molecule has 4 aromatic rings. The monoisotopic (exact) mass is 472 g/mol. The molecular weight excluding hydrogens is 440 g/mol. The lowest BCUT2D eigenvalue weighted by Crippen LogP contribution is -2.52. The van der Waals surface area contributed by atoms with Gasteiger partial charge in [0, 0.05) is 57.6 Å². The lowest BCUT2D eigenvalue weighted by Gasteiger charge is -2.42. The second-order valence-corrected chi connectivity index (χ2v) is 9.98. The number of fused-ring (bicyclic) bond motifs is 2. The number of likely N-dealkylation sites (N-methyl/N-ethyl adjacent to an activating group) is 1. The van der Waals surface area contributed by atoms with Crippen molar-refractivity contribution in [3.8, 4) is 11.4 Å². The summed E-state index contributed by atoms with van der Waals surface area (Å²) >= 11 is 0. The highest BCUT2D eigenvalue weighted by molar-refractivity contribution is 5.66. The fourth-order valence-electron chi connectivity index (χ4n) is 5.50. The van der Waals surface area contributed by atoms with Crippen molar-refractivity contribution in [2.45, 2.75) is 32.7 Å². The maximum absolute atomic E-state index is 13.1. The molecule has 6 heterocycles. The fourth-order valence-corrected chi connectivity index (χ4v) is 5.50. The van der Waals surface area contributed by atoms with Crippen molar-refractivity contribution in [3.63, 3.8) is 0 Å². The number of piperidine rings is 1. The van der Waals surface area contributed by atoms with Crippen molar-refractivity contribution in [3.05, 3.63) is 58.4 Å². The Morgan fingerprint density at radius 1 is 0.886 bits per heavy atom. The minimum atomic E-state index is -0.0951. The topological polar surface area (TPSA) is 74.3 Å². The molecule has 0 aliphatic carbocycles. The zero-order valence-corrected chi connectivity index (χ0v) is 20.7. The van der Waals surface area contributed by atoms with Gasteiger partial charge < -0.3 is 9.80 Å². The van der Waals surface area contributed by atoms with Gasteiger partial charge in [0.2, 0.25) is 0 Å². The minimum Gasteiger partial charge on any atom is -0.370 e. The van der Waals surface area contributed by atoms with E-state index in [1.165, 1.54) is 13.1 Å². The quantitative estimate of drug-likeness (QED) is 0.453. The molecular formula is C26H32N8O. The largest absolute Gasteiger partial charge is 0.370 e. The summed E-state index contributed by atoms with van der Waals surface area (Å²) in [6.07, 6.45) is 6.15. The molecule has 2 aliphatic rings. The molecule has 2 aliphatic heterocycles. The number of nitrogens with zero attached hydrogens (tertiary/aromatic N) is 8. The summed E-state index contributed by atoms with van der Waals surface area (Å²) in [5, 5.41) is 4.64. The van der Waals surface area contributed by atoms with E-state index in [-0.39, 0.29) is 5.56 Å². The van der Waals surface area contributed by atoms with Gasteiger partial charge in [-0.25, -0.2) is 9.50 Å². The van der Waals surface area contributed by atoms with Crippen molar-refractivity contribution in [1.82, 2.24) is 33.8 Å². The van der Waals surface area contributed by atoms with E-state index >= 15 is 0 Å². The van der Waals surface area contributed by atoms with E-state index in [0.717, 1.165) is 61.6 Å². The third-order valence-electron chi connectivity index (χ3n) is 7.55. The van der Waals surface area contributed by atoms with Crippen LogP contribution in [0.2, 0.25) is 0 Å². The van der Waals surface area contributed by atoms with Crippen molar-refractivity contribution in [2.24, 2.45) is 0 Å². The van der Waals surface area contributed by atoms with Crippen LogP contribution in [0, 0.1) is 13.8 Å². The Labute approximate surface area is 204 Å². The summed E-state index contributed by atoms with van der Waals surface area (Å²) in [5.41, 5.74) is 5.60. The van der Waals surface area contributed by atoms with Crippen LogP contribution in [0.5, 0.6) is 0 Å². The zero-order chi connectivity index (χ0) is 24.1. The first-order valence-electron chi connectivity index (χ1n) is 12.5. The molecule has 0 amide bonds. The van der Waals surface area contributed by atoms with Crippen molar-refractivity contribution in [2.75, 3.05) is 51.2 Å². The number of piperazine rings is 1. The van der Waals surface area contributed by atoms with Gasteiger partial charge in [0.15, 0.2) is 0 Å². The molecule has 0 N–H and O–H groups in total. The van der Waals surface area contributed by atoms with E-state index in [4.69, 9.17) is 4.98 Å². The summed E-state index contributed by atoms with van der Waals surface area (Å²) in [6.45, 7) is 10.6. The Bertz CT molecular complexity index is 1440. The standard InChI is InChI=1S/C26H32N8O/c1-18-16-34-24(19(2)27-18)14-23(29-34)22-15-26(35)33-17-21(4-5-25(33)28-22)31-8-6-20(7-9-31)32-12-10-30(3)11-13-32/h4-5,14-17,20H,6-13H2,1-3H3. The van der Waals surface area contributed by atoms with Crippen LogP contribution in [0.25, 0.3) is 22.6 Å². The van der Waals surface area contributed by atoms with Gasteiger partial charge in [-0.3, -0.25) is 19.1 Å². The summed E-state index contributed by atoms with van der Waals surface area (Å²) in [6, 6.07) is 8.22. The molecule has 0 spiro atoms. The van der Waals surface area contributed by atoms with Gasteiger partial charge in [-0.2, -0.15) is 5.10 Å². The first-order valence-corrected chi connectivity index (χ1v) is 12.5. The van der Waals surface area contributed by atoms with E-state index < -0.39 is 0 Å². The molecule has 0 atom stereocenters. The Morgan fingerprint density at radius 3 is 2.43 bits per heavy atom. The number of pyridine rings is 1. The smallest absolute Gasteiger partial charge is 0.258 e. The van der Waals surface area contributed by atoms with E-state index in [0.29, 0.717) is 23.1 Å². The third kappa shape index (κ3) is 4.19. The second-order valence-electron chi connectivity index (χ2n) is 9.98. The van der Waals surface area contributed by atoms with E-state index in [2.05, 4.69) is 37.9 Å². The fraction of sp³-hybridized carbons (Fsp3) is 0.462. The van der Waals surface area contributed by atoms with Gasteiger partial charge in [0.25, 0.3) is 5.56 Å². The van der Waals surface area contributed by atoms with Gasteiger partial charge in [-0.05, 0) is 51.9 Å². The van der Waals surface area contributed by atoms with Gasteiger partial charge >= 0.3 is 0 Å². The normalized spacial score (nSPS) is 18.7. The van der Waals surface area contributed by atoms with E-state index in [1.807, 2.05) is 42.9 Å². The third-order valence-corrected chi connectivity index (χ3v) is 7.55. The number of aryl methyl sites for hydroxylation is 2. The van der Waals surface area contributed by atoms with Crippen molar-refractivity contribution >= 4 is 16.9 Å². The van der Waals surface area contributed by atoms with E-state index in [9.17, 15) is 4.79 Å². The molecule has 0 unspecified atom stereocenters. The Hall–Kier alpha value is -3.30. The number of rotatable bonds is 3. The Kier molecular flexibility index (Phi) is 5.53. The number of aromatic nitrogens is 5. The molecule has 2 fully saturated rings. The summed E-state index contributed by atoms with van der Waals surface area (Å²) < 4.78 is 3.46. The molecule has 9 nitrogen and oxygen atoms in total. The minimum absolute atomic E-state index is 0.0951. The van der Waals surface area contributed by atoms with Crippen molar-refractivity contribution in [1.29, 1.82) is 0 Å². The van der Waals surface area contributed by atoms with Crippen molar-refractivity contribution < 1.29 is 0 Å². The predicted molar refractivity (Wildman–Crippen MR) is 137 cm³/mol. The first kappa shape index (κ1) is 22.2. The second kappa shape index (κ2) is 8.73. The van der Waals surface area contributed by atoms with Crippen LogP contribution < -0.4 is 10.5 Å². The lowest BCUT2D eigenvalue weighted by atomic mass is 10.0. The molecule has 9 heteroatoms. The lowest BCUT2D eigenvalue weighted by molar-refractivity contribution is 0.0982. The highest BCUT2D eigenvalue weighted by Gasteiger charge is 2.27. The van der Waals surface area contributed by atoms with Crippen LogP contribution >= 0.6 is 0 Å². The summed E-state index contributed by atoms with van der Waals surface area (Å²) in [5.74, 6) is 0. The number of anilines is 1. The van der Waals surface area contributed by atoms with Gasteiger partial charge in [0.1, 0.15) is 11.3 Å². The van der Waals surface area contributed by atoms with Crippen LogP contribution in [-0.2, 0) is 0 Å². The highest BCUT2D eigenvalue weighted by atomic mass is 16.1. The van der Waals surface area contributed by atoms with Crippen LogP contribution in [0.1, 0.15) is 24.2 Å². The molecule has 35 heavy (non-hydrogen) atoms. The maximum atomic E-state index is 13.1. The first-order chi connectivity index (χ1) is 16.9. The molecule has 182 valence electrons. The summed E-state index contributed by atoms with van der Waals surface area (Å²) in [7, 11) is 2.20. The van der Waals surface area contributed by atoms with Gasteiger partial charge in [-0.15, -0.1) is 0 Å². The maximum Gasteiger partial charge on any atom is 0.258 e. The Morgan fingerprint density at radius 2 is 1.66 bits per heavy atom. The highest BCUT2D eigenvalue weighted by Crippen LogP contribution is 2.24. The number of hydrogen-bond donors (Lipinski definition) is 0. The van der Waals surface area contributed by atoms with Gasteiger partial charge in [-0.1, -0.05) is 0 Å². The Balaban J connectivity index is 1.23. The van der Waals surface area contributed by atoms with Crippen LogP contribution in [0.15, 0.2) is 41.5 Å². The summed E-state index contributed by atoms with van der Waals surface area (Å²) in [4.78, 5) is 29.8.